The number of carbonyl (C=O) groups excluding carboxylic acids is 1. The Bertz CT molecular complexity index is 450. The van der Waals surface area contributed by atoms with Gasteiger partial charge in [0, 0.05) is 24.5 Å². The van der Waals surface area contributed by atoms with Crippen LogP contribution in [0.5, 0.6) is 0 Å². The smallest absolute Gasteiger partial charge is 0.314 e. The molecule has 0 fully saturated rings. The summed E-state index contributed by atoms with van der Waals surface area (Å²) in [5.74, 6) is -0.898. The molecule has 0 unspecified atom stereocenters. The molecule has 4 N–H and O–H groups in total. The first-order valence-electron chi connectivity index (χ1n) is 6.16. The molecule has 7 heteroatoms. The van der Waals surface area contributed by atoms with Crippen LogP contribution in [-0.2, 0) is 4.79 Å². The number of rotatable bonds is 7. The Morgan fingerprint density at radius 3 is 2.45 bits per heavy atom. The maximum Gasteiger partial charge on any atom is 0.314 e. The van der Waals surface area contributed by atoms with Gasteiger partial charge in [-0.15, -0.1) is 0 Å². The third-order valence-corrected chi connectivity index (χ3v) is 2.82. The summed E-state index contributed by atoms with van der Waals surface area (Å²) in [6.45, 7) is 0.335. The zero-order chi connectivity index (χ0) is 15.0. The first-order chi connectivity index (χ1) is 9.49. The van der Waals surface area contributed by atoms with Gasteiger partial charge >= 0.3 is 12.0 Å². The van der Waals surface area contributed by atoms with E-state index in [9.17, 15) is 14.7 Å². The van der Waals surface area contributed by atoms with Crippen LogP contribution in [0, 0.1) is 0 Å². The van der Waals surface area contributed by atoms with E-state index < -0.39 is 18.1 Å². The number of benzene rings is 1. The van der Waals surface area contributed by atoms with Crippen molar-refractivity contribution in [2.24, 2.45) is 0 Å². The molecule has 1 rings (SSSR count). The Hall–Kier alpha value is -1.79. The normalized spacial score (nSPS) is 11.7. The number of hydrogen-bond donors (Lipinski definition) is 4. The molecule has 0 aliphatic heterocycles. The third-order valence-electron chi connectivity index (χ3n) is 2.56. The molecule has 0 aliphatic carbocycles. The lowest BCUT2D eigenvalue weighted by Gasteiger charge is -2.13. The van der Waals surface area contributed by atoms with Crippen LogP contribution in [0.25, 0.3) is 0 Å². The highest BCUT2D eigenvalue weighted by Gasteiger charge is 2.09. The van der Waals surface area contributed by atoms with Crippen molar-refractivity contribution < 1.29 is 19.8 Å². The molecule has 6 nitrogen and oxygen atoms in total. The molecule has 0 heterocycles. The maximum absolute atomic E-state index is 11.4. The monoisotopic (exact) mass is 300 g/mol. The highest BCUT2D eigenvalue weighted by atomic mass is 35.5. The number of aliphatic hydroxyl groups is 1. The van der Waals surface area contributed by atoms with Crippen molar-refractivity contribution in [2.75, 3.05) is 13.1 Å². The molecule has 0 saturated heterocycles. The van der Waals surface area contributed by atoms with E-state index in [1.165, 1.54) is 0 Å². The summed E-state index contributed by atoms with van der Waals surface area (Å²) in [7, 11) is 0. The van der Waals surface area contributed by atoms with E-state index >= 15 is 0 Å². The molecule has 0 aliphatic rings. The topological polar surface area (TPSA) is 98.7 Å². The molecule has 20 heavy (non-hydrogen) atoms. The van der Waals surface area contributed by atoms with E-state index in [0.717, 1.165) is 0 Å². The van der Waals surface area contributed by atoms with Crippen LogP contribution >= 0.6 is 11.6 Å². The summed E-state index contributed by atoms with van der Waals surface area (Å²) in [6, 6.07) is 6.24. The zero-order valence-corrected chi connectivity index (χ0v) is 11.6. The fourth-order valence-electron chi connectivity index (χ4n) is 1.50. The van der Waals surface area contributed by atoms with Gasteiger partial charge in [0.25, 0.3) is 0 Å². The summed E-state index contributed by atoms with van der Waals surface area (Å²) < 4.78 is 0. The molecular formula is C13H17ClN2O4. The molecule has 110 valence electrons. The number of aliphatic carboxylic acids is 1. The minimum Gasteiger partial charge on any atom is -0.481 e. The van der Waals surface area contributed by atoms with Gasteiger partial charge < -0.3 is 20.8 Å². The summed E-state index contributed by atoms with van der Waals surface area (Å²) >= 11 is 5.73. The molecular weight excluding hydrogens is 284 g/mol. The number of urea groups is 1. The Morgan fingerprint density at radius 1 is 1.20 bits per heavy atom. The van der Waals surface area contributed by atoms with Crippen LogP contribution in [0.1, 0.15) is 24.5 Å². The van der Waals surface area contributed by atoms with E-state index in [4.69, 9.17) is 16.7 Å². The number of amides is 2. The Labute approximate surface area is 121 Å². The van der Waals surface area contributed by atoms with Crippen molar-refractivity contribution in [3.63, 3.8) is 0 Å². The summed E-state index contributed by atoms with van der Waals surface area (Å²) in [5.41, 5.74) is 0.653. The fraction of sp³-hybridized carbons (Fsp3) is 0.385. The predicted molar refractivity (Wildman–Crippen MR) is 74.7 cm³/mol. The van der Waals surface area contributed by atoms with E-state index in [-0.39, 0.29) is 19.5 Å². The number of aliphatic hydroxyl groups excluding tert-OH is 1. The van der Waals surface area contributed by atoms with Crippen molar-refractivity contribution in [1.29, 1.82) is 0 Å². The average molecular weight is 301 g/mol. The van der Waals surface area contributed by atoms with Crippen LogP contribution in [0.3, 0.4) is 0 Å². The molecule has 0 aromatic heterocycles. The SMILES string of the molecule is O=C(O)CCCNC(=O)NC[C@H](O)c1ccc(Cl)cc1. The Balaban J connectivity index is 2.23. The van der Waals surface area contributed by atoms with Gasteiger partial charge in [-0.05, 0) is 24.1 Å². The molecule has 2 amide bonds. The fourth-order valence-corrected chi connectivity index (χ4v) is 1.62. The average Bonchev–Trinajstić information content (AvgIpc) is 2.41. The maximum atomic E-state index is 11.4. The second-order valence-corrected chi connectivity index (χ2v) is 4.64. The van der Waals surface area contributed by atoms with E-state index in [1.807, 2.05) is 0 Å². The largest absolute Gasteiger partial charge is 0.481 e. The van der Waals surface area contributed by atoms with Gasteiger partial charge in [0.15, 0.2) is 0 Å². The van der Waals surface area contributed by atoms with Crippen LogP contribution in [0.15, 0.2) is 24.3 Å². The highest BCUT2D eigenvalue weighted by molar-refractivity contribution is 6.30. The van der Waals surface area contributed by atoms with Gasteiger partial charge in [-0.25, -0.2) is 4.79 Å². The zero-order valence-electron chi connectivity index (χ0n) is 10.8. The second kappa shape index (κ2) is 8.39. The minimum absolute atomic E-state index is 0.00762. The van der Waals surface area contributed by atoms with Crippen molar-refractivity contribution >= 4 is 23.6 Å². The van der Waals surface area contributed by atoms with Gasteiger partial charge in [0.2, 0.25) is 0 Å². The van der Waals surface area contributed by atoms with Crippen LogP contribution in [0.2, 0.25) is 5.02 Å². The molecule has 0 bridgehead atoms. The Morgan fingerprint density at radius 2 is 1.85 bits per heavy atom. The lowest BCUT2D eigenvalue weighted by atomic mass is 10.1. The van der Waals surface area contributed by atoms with Crippen molar-refractivity contribution in [3.8, 4) is 0 Å². The van der Waals surface area contributed by atoms with Gasteiger partial charge in [0.05, 0.1) is 6.10 Å². The highest BCUT2D eigenvalue weighted by Crippen LogP contribution is 2.15. The molecule has 1 aromatic rings. The van der Waals surface area contributed by atoms with E-state index in [2.05, 4.69) is 10.6 Å². The van der Waals surface area contributed by atoms with Gasteiger partial charge in [0.1, 0.15) is 0 Å². The minimum atomic E-state index is -0.898. The van der Waals surface area contributed by atoms with Crippen molar-refractivity contribution in [2.45, 2.75) is 18.9 Å². The van der Waals surface area contributed by atoms with Crippen LogP contribution in [-0.4, -0.2) is 35.3 Å². The number of carbonyl (C=O) groups is 2. The second-order valence-electron chi connectivity index (χ2n) is 4.20. The van der Waals surface area contributed by atoms with Gasteiger partial charge in [-0.2, -0.15) is 0 Å². The van der Waals surface area contributed by atoms with Crippen molar-refractivity contribution in [3.05, 3.63) is 34.9 Å². The summed E-state index contributed by atoms with van der Waals surface area (Å²) in [6.07, 6.45) is -0.451. The van der Waals surface area contributed by atoms with E-state index in [0.29, 0.717) is 17.0 Å². The van der Waals surface area contributed by atoms with Crippen molar-refractivity contribution in [1.82, 2.24) is 10.6 Å². The standard InChI is InChI=1S/C13H17ClN2O4/c14-10-5-3-9(4-6-10)11(17)8-16-13(20)15-7-1-2-12(18)19/h3-6,11,17H,1-2,7-8H2,(H,18,19)(H2,15,16,20)/t11-/m0/s1. The molecule has 0 saturated carbocycles. The number of carboxylic acids is 1. The first kappa shape index (κ1) is 16.3. The molecule has 0 radical (unpaired) electrons. The summed E-state index contributed by atoms with van der Waals surface area (Å²) in [5, 5.41) is 23.9. The molecule has 1 aromatic carbocycles. The number of nitrogens with one attached hydrogen (secondary N) is 2. The third kappa shape index (κ3) is 6.40. The van der Waals surface area contributed by atoms with Gasteiger partial charge in [-0.1, -0.05) is 23.7 Å². The molecule has 1 atom stereocenters. The quantitative estimate of drug-likeness (QED) is 0.574. The number of halogens is 1. The van der Waals surface area contributed by atoms with Crippen LogP contribution in [0.4, 0.5) is 4.79 Å². The Kier molecular flexibility index (Phi) is 6.83. The predicted octanol–water partition coefficient (Wildman–Crippen LogP) is 1.54. The van der Waals surface area contributed by atoms with Crippen LogP contribution < -0.4 is 10.6 Å². The molecule has 0 spiro atoms. The number of hydrogen-bond acceptors (Lipinski definition) is 3. The number of carboxylic acid groups (broad SMARTS) is 1. The first-order valence-corrected chi connectivity index (χ1v) is 6.54. The van der Waals surface area contributed by atoms with Gasteiger partial charge in [-0.3, -0.25) is 4.79 Å². The lowest BCUT2D eigenvalue weighted by Crippen LogP contribution is -2.38. The summed E-state index contributed by atoms with van der Waals surface area (Å²) in [4.78, 5) is 21.6. The van der Waals surface area contributed by atoms with E-state index in [1.54, 1.807) is 24.3 Å². The lowest BCUT2D eigenvalue weighted by molar-refractivity contribution is -0.137.